The molecule has 0 atom stereocenters. The third-order valence-electron chi connectivity index (χ3n) is 4.65. The Morgan fingerprint density at radius 2 is 1.96 bits per heavy atom. The third kappa shape index (κ3) is 2.44. The van der Waals surface area contributed by atoms with E-state index < -0.39 is 5.91 Å². The molecule has 4 rings (SSSR count). The zero-order valence-corrected chi connectivity index (χ0v) is 13.2. The number of rotatable bonds is 3. The number of fused-ring (bicyclic) bond motifs is 1. The van der Waals surface area contributed by atoms with Gasteiger partial charge in [-0.25, -0.2) is 15.0 Å². The van der Waals surface area contributed by atoms with E-state index in [0.29, 0.717) is 23.0 Å². The predicted molar refractivity (Wildman–Crippen MR) is 88.6 cm³/mol. The quantitative estimate of drug-likeness (QED) is 0.749. The van der Waals surface area contributed by atoms with Crippen LogP contribution in [0.1, 0.15) is 42.2 Å². The van der Waals surface area contributed by atoms with E-state index in [1.54, 1.807) is 23.3 Å². The van der Waals surface area contributed by atoms with Crippen molar-refractivity contribution in [3.05, 3.63) is 36.7 Å². The zero-order valence-electron chi connectivity index (χ0n) is 13.2. The molecule has 1 saturated carbocycles. The lowest BCUT2D eigenvalue weighted by molar-refractivity contribution is 0.0996. The Morgan fingerprint density at radius 1 is 1.17 bits per heavy atom. The van der Waals surface area contributed by atoms with Gasteiger partial charge in [-0.05, 0) is 31.7 Å². The zero-order chi connectivity index (χ0) is 16.7. The van der Waals surface area contributed by atoms with Crippen LogP contribution in [-0.4, -0.2) is 36.0 Å². The first-order chi connectivity index (χ1) is 11.6. The molecule has 0 unspecified atom stereocenters. The number of nitrogens with zero attached hydrogens (tertiary/aromatic N) is 5. The largest absolute Gasteiger partial charge is 0.364 e. The van der Waals surface area contributed by atoms with Crippen molar-refractivity contribution in [2.24, 2.45) is 11.5 Å². The minimum atomic E-state index is -0.559. The molecule has 0 radical (unpaired) electrons. The van der Waals surface area contributed by atoms with Gasteiger partial charge in [0.2, 0.25) is 5.95 Å². The lowest BCUT2D eigenvalue weighted by Gasteiger charge is -2.28. The second-order valence-corrected chi connectivity index (χ2v) is 6.23. The average Bonchev–Trinajstić information content (AvgIpc) is 3.24. The van der Waals surface area contributed by atoms with Gasteiger partial charge in [0.1, 0.15) is 6.33 Å². The fourth-order valence-electron chi connectivity index (χ4n) is 3.40. The van der Waals surface area contributed by atoms with Gasteiger partial charge in [0, 0.05) is 30.7 Å². The van der Waals surface area contributed by atoms with Gasteiger partial charge in [0.25, 0.3) is 5.91 Å². The number of primary amides is 1. The van der Waals surface area contributed by atoms with Gasteiger partial charge in [-0.2, -0.15) is 0 Å². The van der Waals surface area contributed by atoms with Crippen molar-refractivity contribution < 1.29 is 4.79 Å². The Hall–Kier alpha value is -2.74. The van der Waals surface area contributed by atoms with Gasteiger partial charge in [-0.15, -0.1) is 0 Å². The molecule has 8 heteroatoms. The summed E-state index contributed by atoms with van der Waals surface area (Å²) in [6.45, 7) is 0. The second-order valence-electron chi connectivity index (χ2n) is 6.23. The number of aromatic nitrogens is 5. The molecule has 1 aliphatic carbocycles. The van der Waals surface area contributed by atoms with E-state index >= 15 is 0 Å². The van der Waals surface area contributed by atoms with E-state index in [2.05, 4.69) is 19.5 Å². The number of carbonyl (C=O) groups excluding carboxylic acids is 1. The van der Waals surface area contributed by atoms with Gasteiger partial charge in [0.05, 0.1) is 11.0 Å². The molecule has 8 nitrogen and oxygen atoms in total. The Balaban J connectivity index is 1.84. The molecule has 0 aliphatic heterocycles. The molecule has 1 fully saturated rings. The topological polar surface area (TPSA) is 118 Å². The molecule has 0 spiro atoms. The molecule has 0 bridgehead atoms. The van der Waals surface area contributed by atoms with Crippen LogP contribution in [0.3, 0.4) is 0 Å². The van der Waals surface area contributed by atoms with Gasteiger partial charge >= 0.3 is 0 Å². The number of hydrogen-bond acceptors (Lipinski definition) is 5. The summed E-state index contributed by atoms with van der Waals surface area (Å²) in [5.74, 6) is -0.173. The van der Waals surface area contributed by atoms with Crippen molar-refractivity contribution in [3.63, 3.8) is 0 Å². The van der Waals surface area contributed by atoms with Gasteiger partial charge in [-0.1, -0.05) is 0 Å². The summed E-state index contributed by atoms with van der Waals surface area (Å²) in [4.78, 5) is 24.9. The smallest absolute Gasteiger partial charge is 0.269 e. The molecule has 3 aromatic heterocycles. The van der Waals surface area contributed by atoms with Crippen LogP contribution in [0, 0.1) is 0 Å². The fraction of sp³-hybridized carbons (Fsp3) is 0.375. The van der Waals surface area contributed by atoms with Crippen LogP contribution < -0.4 is 11.5 Å². The minimum Gasteiger partial charge on any atom is -0.364 e. The standard InChI is InChI=1S/C16H19N7O/c17-10-1-3-11(4-2-10)23-7-5-12-14(23)13(15(18)24)21-16(20-12)22-8-6-19-9-22/h5-11H,1-4,17H2,(H2,18,24). The highest BCUT2D eigenvalue weighted by Crippen LogP contribution is 2.32. The summed E-state index contributed by atoms with van der Waals surface area (Å²) in [5, 5.41) is 0. The van der Waals surface area contributed by atoms with Gasteiger partial charge < -0.3 is 16.0 Å². The van der Waals surface area contributed by atoms with Crippen LogP contribution in [0.2, 0.25) is 0 Å². The van der Waals surface area contributed by atoms with Gasteiger partial charge in [0.15, 0.2) is 5.69 Å². The average molecular weight is 325 g/mol. The Kier molecular flexibility index (Phi) is 3.53. The second kappa shape index (κ2) is 5.72. The van der Waals surface area contributed by atoms with Crippen LogP contribution in [0.5, 0.6) is 0 Å². The van der Waals surface area contributed by atoms with E-state index in [1.807, 2.05) is 12.3 Å². The van der Waals surface area contributed by atoms with E-state index in [9.17, 15) is 4.79 Å². The maximum Gasteiger partial charge on any atom is 0.269 e. The van der Waals surface area contributed by atoms with Gasteiger partial charge in [-0.3, -0.25) is 9.36 Å². The summed E-state index contributed by atoms with van der Waals surface area (Å²) in [6, 6.07) is 2.46. The van der Waals surface area contributed by atoms with Crippen LogP contribution in [0.25, 0.3) is 17.0 Å². The van der Waals surface area contributed by atoms with Crippen molar-refractivity contribution in [3.8, 4) is 5.95 Å². The third-order valence-corrected chi connectivity index (χ3v) is 4.65. The molecule has 1 aliphatic rings. The summed E-state index contributed by atoms with van der Waals surface area (Å²) < 4.78 is 3.74. The number of amides is 1. The number of carbonyl (C=O) groups is 1. The van der Waals surface area contributed by atoms with Crippen molar-refractivity contribution in [1.29, 1.82) is 0 Å². The van der Waals surface area contributed by atoms with Crippen LogP contribution in [0.15, 0.2) is 31.0 Å². The molecule has 0 saturated heterocycles. The molecule has 4 N–H and O–H groups in total. The number of imidazole rings is 1. The highest BCUT2D eigenvalue weighted by Gasteiger charge is 2.24. The van der Waals surface area contributed by atoms with Crippen molar-refractivity contribution in [2.75, 3.05) is 0 Å². The lowest BCUT2D eigenvalue weighted by Crippen LogP contribution is -2.28. The van der Waals surface area contributed by atoms with Crippen molar-refractivity contribution in [1.82, 2.24) is 24.1 Å². The molecule has 24 heavy (non-hydrogen) atoms. The van der Waals surface area contributed by atoms with Crippen molar-refractivity contribution in [2.45, 2.75) is 37.8 Å². The van der Waals surface area contributed by atoms with Crippen LogP contribution in [-0.2, 0) is 0 Å². The maximum absolute atomic E-state index is 12.0. The number of hydrogen-bond donors (Lipinski definition) is 2. The maximum atomic E-state index is 12.0. The molecule has 0 aromatic carbocycles. The Morgan fingerprint density at radius 3 is 2.62 bits per heavy atom. The van der Waals surface area contributed by atoms with Crippen LogP contribution >= 0.6 is 0 Å². The summed E-state index contributed by atoms with van der Waals surface area (Å²) in [6.07, 6.45) is 10.8. The molecule has 3 aromatic rings. The van der Waals surface area contributed by atoms with Crippen LogP contribution in [0.4, 0.5) is 0 Å². The first-order valence-corrected chi connectivity index (χ1v) is 8.06. The van der Waals surface area contributed by atoms with Crippen molar-refractivity contribution >= 4 is 16.9 Å². The minimum absolute atomic E-state index is 0.239. The summed E-state index contributed by atoms with van der Waals surface area (Å²) in [7, 11) is 0. The SMILES string of the molecule is NC(=O)c1nc(-n2ccnc2)nc2ccn(C3CCC(N)CC3)c12. The highest BCUT2D eigenvalue weighted by atomic mass is 16.1. The highest BCUT2D eigenvalue weighted by molar-refractivity contribution is 6.02. The molecule has 124 valence electrons. The monoisotopic (exact) mass is 325 g/mol. The molecule has 1 amide bonds. The van der Waals surface area contributed by atoms with E-state index in [0.717, 1.165) is 25.7 Å². The summed E-state index contributed by atoms with van der Waals surface area (Å²) >= 11 is 0. The molecule has 3 heterocycles. The van der Waals surface area contributed by atoms with E-state index in [1.165, 1.54) is 0 Å². The lowest BCUT2D eigenvalue weighted by atomic mass is 9.91. The predicted octanol–water partition coefficient (Wildman–Crippen LogP) is 1.16. The normalized spacial score (nSPS) is 21.2. The van der Waals surface area contributed by atoms with E-state index in [4.69, 9.17) is 11.5 Å². The number of nitrogens with two attached hydrogens (primary N) is 2. The molecular formula is C16H19N7O. The summed E-state index contributed by atoms with van der Waals surface area (Å²) in [5.41, 5.74) is 13.2. The first-order valence-electron chi connectivity index (χ1n) is 8.06. The first kappa shape index (κ1) is 14.8. The van der Waals surface area contributed by atoms with E-state index in [-0.39, 0.29) is 11.7 Å². The fourth-order valence-corrected chi connectivity index (χ4v) is 3.40. The molecular weight excluding hydrogens is 306 g/mol. The Bertz CT molecular complexity index is 875. The Labute approximate surface area is 138 Å².